The highest BCUT2D eigenvalue weighted by atomic mass is 16.6. The number of amides is 1. The van der Waals surface area contributed by atoms with Crippen LogP contribution in [0.1, 0.15) is 51.4 Å². The fourth-order valence-corrected chi connectivity index (χ4v) is 5.08. The summed E-state index contributed by atoms with van der Waals surface area (Å²) in [7, 11) is 0. The summed E-state index contributed by atoms with van der Waals surface area (Å²) in [5.41, 5.74) is 1.25. The van der Waals surface area contributed by atoms with Gasteiger partial charge in [0, 0.05) is 12.6 Å². The topological polar surface area (TPSA) is 81.3 Å². The minimum absolute atomic E-state index is 0.0102. The predicted octanol–water partition coefficient (Wildman–Crippen LogP) is 2.84. The molecule has 24 heavy (non-hydrogen) atoms. The average molecular weight is 334 g/mol. The average Bonchev–Trinajstić information content (AvgIpc) is 2.82. The molecule has 7 heteroatoms. The number of hydrogen-bond acceptors (Lipinski definition) is 4. The number of fused-ring (bicyclic) bond motifs is 2. The highest BCUT2D eigenvalue weighted by molar-refractivity contribution is 5.77. The molecule has 1 aromatic heterocycles. The van der Waals surface area contributed by atoms with Crippen molar-refractivity contribution in [1.29, 1.82) is 0 Å². The van der Waals surface area contributed by atoms with Gasteiger partial charge in [-0.15, -0.1) is 0 Å². The van der Waals surface area contributed by atoms with Gasteiger partial charge in [0.05, 0.1) is 4.92 Å². The summed E-state index contributed by atoms with van der Waals surface area (Å²) in [6.07, 6.45) is 3.21. The lowest BCUT2D eigenvalue weighted by atomic mass is 9.65. The molecule has 1 aliphatic carbocycles. The Morgan fingerprint density at radius 2 is 2.00 bits per heavy atom. The van der Waals surface area contributed by atoms with Gasteiger partial charge in [0.2, 0.25) is 5.91 Å². The maximum atomic E-state index is 12.8. The van der Waals surface area contributed by atoms with Crippen LogP contribution in [-0.2, 0) is 11.3 Å². The van der Waals surface area contributed by atoms with Crippen molar-refractivity contribution in [3.05, 3.63) is 21.5 Å². The van der Waals surface area contributed by atoms with Crippen molar-refractivity contribution in [2.24, 2.45) is 10.8 Å². The van der Waals surface area contributed by atoms with Crippen molar-refractivity contribution in [1.82, 2.24) is 14.7 Å². The number of likely N-dealkylation sites (tertiary alicyclic amines) is 1. The molecule has 2 aliphatic rings. The van der Waals surface area contributed by atoms with E-state index in [1.807, 2.05) is 4.90 Å². The first-order chi connectivity index (χ1) is 11.0. The molecule has 3 rings (SSSR count). The van der Waals surface area contributed by atoms with Gasteiger partial charge in [0.15, 0.2) is 0 Å². The number of carbonyl (C=O) groups is 1. The van der Waals surface area contributed by atoms with Crippen molar-refractivity contribution < 1.29 is 9.72 Å². The fourth-order valence-electron chi connectivity index (χ4n) is 5.08. The molecule has 1 aromatic rings. The Morgan fingerprint density at radius 3 is 2.58 bits per heavy atom. The lowest BCUT2D eigenvalue weighted by molar-refractivity contribution is -0.386. The van der Waals surface area contributed by atoms with Crippen molar-refractivity contribution in [2.75, 3.05) is 6.54 Å². The standard InChI is InChI=1S/C17H26N4O3/c1-11-15(21(23)24)12(2)20(18-11)8-14(22)19-10-17(5)7-13(19)6-16(3,4)9-17/h13H,6-10H2,1-5H3/t13-,17+/m0/s1. The smallest absolute Gasteiger partial charge is 0.312 e. The van der Waals surface area contributed by atoms with Crippen LogP contribution >= 0.6 is 0 Å². The molecule has 2 atom stereocenters. The van der Waals surface area contributed by atoms with E-state index in [4.69, 9.17) is 0 Å². The predicted molar refractivity (Wildman–Crippen MR) is 89.6 cm³/mol. The van der Waals surface area contributed by atoms with Crippen molar-refractivity contribution >= 4 is 11.6 Å². The summed E-state index contributed by atoms with van der Waals surface area (Å²) in [4.78, 5) is 25.5. The Hall–Kier alpha value is -1.92. The quantitative estimate of drug-likeness (QED) is 0.629. The third kappa shape index (κ3) is 2.80. The number of aromatic nitrogens is 2. The van der Waals surface area contributed by atoms with Gasteiger partial charge in [-0.1, -0.05) is 20.8 Å². The minimum atomic E-state index is -0.426. The molecule has 0 radical (unpaired) electrons. The zero-order valence-corrected chi connectivity index (χ0v) is 15.1. The molecule has 0 N–H and O–H groups in total. The van der Waals surface area contributed by atoms with E-state index < -0.39 is 4.92 Å². The molecule has 1 amide bonds. The van der Waals surface area contributed by atoms with E-state index in [1.165, 1.54) is 4.68 Å². The number of nitro groups is 1. The number of rotatable bonds is 3. The van der Waals surface area contributed by atoms with Crippen LogP contribution in [0.25, 0.3) is 0 Å². The van der Waals surface area contributed by atoms with Gasteiger partial charge in [0.25, 0.3) is 0 Å². The molecule has 2 bridgehead atoms. The maximum Gasteiger partial charge on any atom is 0.312 e. The molecule has 0 aromatic carbocycles. The highest BCUT2D eigenvalue weighted by Crippen LogP contribution is 2.52. The van der Waals surface area contributed by atoms with Crippen LogP contribution < -0.4 is 0 Å². The van der Waals surface area contributed by atoms with Gasteiger partial charge < -0.3 is 4.90 Å². The van der Waals surface area contributed by atoms with Crippen LogP contribution in [0.4, 0.5) is 5.69 Å². The van der Waals surface area contributed by atoms with E-state index in [2.05, 4.69) is 25.9 Å². The van der Waals surface area contributed by atoms with E-state index in [9.17, 15) is 14.9 Å². The highest BCUT2D eigenvalue weighted by Gasteiger charge is 2.50. The van der Waals surface area contributed by atoms with Crippen molar-refractivity contribution in [3.63, 3.8) is 0 Å². The summed E-state index contributed by atoms with van der Waals surface area (Å²) in [5.74, 6) is 0.0157. The van der Waals surface area contributed by atoms with Gasteiger partial charge in [-0.05, 0) is 43.9 Å². The fraction of sp³-hybridized carbons (Fsp3) is 0.765. The summed E-state index contributed by atoms with van der Waals surface area (Å²) in [5, 5.41) is 15.3. The number of carbonyl (C=O) groups excluding carboxylic acids is 1. The Labute approximate surface area is 142 Å². The van der Waals surface area contributed by atoms with Crippen LogP contribution in [0, 0.1) is 34.8 Å². The molecule has 7 nitrogen and oxygen atoms in total. The Balaban J connectivity index is 1.80. The summed E-state index contributed by atoms with van der Waals surface area (Å²) in [6, 6.07) is 0.276. The van der Waals surface area contributed by atoms with Gasteiger partial charge in [-0.2, -0.15) is 5.10 Å². The zero-order valence-electron chi connectivity index (χ0n) is 15.1. The Bertz CT molecular complexity index is 709. The molecule has 1 saturated carbocycles. The Kier molecular flexibility index (Phi) is 3.73. The molecule has 0 spiro atoms. The van der Waals surface area contributed by atoms with Gasteiger partial charge >= 0.3 is 5.69 Å². The molecule has 2 heterocycles. The van der Waals surface area contributed by atoms with Crippen LogP contribution in [0.15, 0.2) is 0 Å². The van der Waals surface area contributed by atoms with Gasteiger partial charge in [0.1, 0.15) is 17.9 Å². The van der Waals surface area contributed by atoms with Gasteiger partial charge in [-0.25, -0.2) is 0 Å². The van der Waals surface area contributed by atoms with E-state index in [1.54, 1.807) is 13.8 Å². The van der Waals surface area contributed by atoms with Crippen molar-refractivity contribution in [3.8, 4) is 0 Å². The first-order valence-corrected chi connectivity index (χ1v) is 8.49. The second-order valence-corrected chi connectivity index (χ2v) is 8.67. The molecule has 2 fully saturated rings. The number of aryl methyl sites for hydroxylation is 1. The molecule has 1 aliphatic heterocycles. The van der Waals surface area contributed by atoms with E-state index in [0.717, 1.165) is 25.8 Å². The van der Waals surface area contributed by atoms with Crippen molar-refractivity contribution in [2.45, 2.75) is 66.5 Å². The molecular weight excluding hydrogens is 308 g/mol. The third-order valence-electron chi connectivity index (χ3n) is 5.55. The Morgan fingerprint density at radius 1 is 1.33 bits per heavy atom. The van der Waals surface area contributed by atoms with Crippen LogP contribution in [0.3, 0.4) is 0 Å². The maximum absolute atomic E-state index is 12.8. The number of nitrogens with zero attached hydrogens (tertiary/aromatic N) is 4. The van der Waals surface area contributed by atoms with Crippen LogP contribution in [-0.4, -0.2) is 38.1 Å². The van der Waals surface area contributed by atoms with Crippen LogP contribution in [0.2, 0.25) is 0 Å². The largest absolute Gasteiger partial charge is 0.338 e. The lowest BCUT2D eigenvalue weighted by Crippen LogP contribution is -2.39. The molecule has 0 unspecified atom stereocenters. The van der Waals surface area contributed by atoms with Gasteiger partial charge in [-0.3, -0.25) is 19.6 Å². The summed E-state index contributed by atoms with van der Waals surface area (Å²) < 4.78 is 1.48. The molecule has 1 saturated heterocycles. The molecular formula is C17H26N4O3. The normalized spacial score (nSPS) is 28.2. The number of hydrogen-bond donors (Lipinski definition) is 0. The molecule has 132 valence electrons. The first-order valence-electron chi connectivity index (χ1n) is 8.49. The summed E-state index contributed by atoms with van der Waals surface area (Å²) >= 11 is 0. The monoisotopic (exact) mass is 334 g/mol. The second-order valence-electron chi connectivity index (χ2n) is 8.67. The summed E-state index contributed by atoms with van der Waals surface area (Å²) in [6.45, 7) is 10.9. The minimum Gasteiger partial charge on any atom is -0.338 e. The third-order valence-corrected chi connectivity index (χ3v) is 5.55. The van der Waals surface area contributed by atoms with Crippen LogP contribution in [0.5, 0.6) is 0 Å². The van der Waals surface area contributed by atoms with E-state index in [-0.39, 0.29) is 35.0 Å². The zero-order chi connectivity index (χ0) is 17.9. The van der Waals surface area contributed by atoms with E-state index >= 15 is 0 Å². The van der Waals surface area contributed by atoms with E-state index in [0.29, 0.717) is 11.4 Å². The lowest BCUT2D eigenvalue weighted by Gasteiger charge is -2.39. The first kappa shape index (κ1) is 16.9. The SMILES string of the molecule is Cc1nn(CC(=O)N2C[C@]3(C)C[C@@H]2CC(C)(C)C3)c(C)c1[N+](=O)[O-]. The second kappa shape index (κ2) is 5.29.